The number of carbonyl (C=O) groups is 1. The Morgan fingerprint density at radius 2 is 2.15 bits per heavy atom. The molecule has 1 unspecified atom stereocenters. The highest BCUT2D eigenvalue weighted by atomic mass is 19.1. The second-order valence-corrected chi connectivity index (χ2v) is 7.03. The fourth-order valence-corrected chi connectivity index (χ4v) is 3.50. The molecule has 1 aromatic carbocycles. The van der Waals surface area contributed by atoms with Crippen LogP contribution < -0.4 is 16.4 Å². The summed E-state index contributed by atoms with van der Waals surface area (Å²) in [4.78, 5) is 14.4. The molecule has 2 amide bonds. The number of benzene rings is 1. The summed E-state index contributed by atoms with van der Waals surface area (Å²) in [5.41, 5.74) is 8.61. The Labute approximate surface area is 158 Å². The average Bonchev–Trinajstić information content (AvgIpc) is 3.02. The molecule has 4 N–H and O–H groups in total. The number of nitrogens with one attached hydrogen (secondary N) is 2. The molecule has 0 aliphatic carbocycles. The van der Waals surface area contributed by atoms with Crippen molar-refractivity contribution in [3.8, 4) is 0 Å². The molecule has 0 saturated carbocycles. The highest BCUT2D eigenvalue weighted by molar-refractivity contribution is 5.89. The lowest BCUT2D eigenvalue weighted by molar-refractivity contribution is 0.162. The lowest BCUT2D eigenvalue weighted by atomic mass is 9.97. The van der Waals surface area contributed by atoms with Crippen LogP contribution in [0.15, 0.2) is 30.5 Å². The topological polar surface area (TPSA) is 88.2 Å². The third-order valence-corrected chi connectivity index (χ3v) is 5.00. The van der Waals surface area contributed by atoms with E-state index < -0.39 is 0 Å². The molecule has 27 heavy (non-hydrogen) atoms. The van der Waals surface area contributed by atoms with Gasteiger partial charge in [-0.15, -0.1) is 0 Å². The molecular formula is C19H27FN6O. The normalized spacial score (nSPS) is 17.7. The molecule has 1 aromatic heterocycles. The Balaban J connectivity index is 1.47. The van der Waals surface area contributed by atoms with Crippen molar-refractivity contribution in [1.29, 1.82) is 0 Å². The van der Waals surface area contributed by atoms with Gasteiger partial charge in [0, 0.05) is 44.5 Å². The van der Waals surface area contributed by atoms with Gasteiger partial charge < -0.3 is 16.4 Å². The van der Waals surface area contributed by atoms with E-state index in [1.54, 1.807) is 12.1 Å². The predicted octanol–water partition coefficient (Wildman–Crippen LogP) is 2.05. The number of piperidine rings is 1. The van der Waals surface area contributed by atoms with E-state index in [1.165, 1.54) is 12.1 Å². The van der Waals surface area contributed by atoms with Crippen LogP contribution in [0.25, 0.3) is 0 Å². The van der Waals surface area contributed by atoms with Crippen molar-refractivity contribution < 1.29 is 9.18 Å². The van der Waals surface area contributed by atoms with Crippen LogP contribution in [-0.2, 0) is 20.1 Å². The van der Waals surface area contributed by atoms with E-state index in [2.05, 4.69) is 20.6 Å². The zero-order valence-corrected chi connectivity index (χ0v) is 15.6. The molecule has 2 aromatic rings. The lowest BCUT2D eigenvalue weighted by Crippen LogP contribution is -2.41. The van der Waals surface area contributed by atoms with Crippen molar-refractivity contribution in [3.63, 3.8) is 0 Å². The van der Waals surface area contributed by atoms with Crippen molar-refractivity contribution in [1.82, 2.24) is 20.0 Å². The molecule has 1 fully saturated rings. The van der Waals surface area contributed by atoms with Gasteiger partial charge >= 0.3 is 6.03 Å². The zero-order valence-electron chi connectivity index (χ0n) is 15.6. The van der Waals surface area contributed by atoms with Crippen LogP contribution >= 0.6 is 0 Å². The number of nitrogens with two attached hydrogens (primary N) is 1. The first-order valence-corrected chi connectivity index (χ1v) is 9.27. The number of aryl methyl sites for hydroxylation is 1. The second-order valence-electron chi connectivity index (χ2n) is 7.03. The number of anilines is 1. The Morgan fingerprint density at radius 3 is 2.89 bits per heavy atom. The van der Waals surface area contributed by atoms with Crippen molar-refractivity contribution in [2.24, 2.45) is 18.7 Å². The van der Waals surface area contributed by atoms with Gasteiger partial charge in [0.25, 0.3) is 0 Å². The van der Waals surface area contributed by atoms with Crippen LogP contribution in [0.5, 0.6) is 0 Å². The highest BCUT2D eigenvalue weighted by Gasteiger charge is 2.22. The number of hydrogen-bond donors (Lipinski definition) is 3. The summed E-state index contributed by atoms with van der Waals surface area (Å²) in [7, 11) is 1.94. The molecule has 1 aliphatic rings. The second kappa shape index (κ2) is 8.96. The molecule has 1 atom stereocenters. The van der Waals surface area contributed by atoms with E-state index in [0.29, 0.717) is 24.7 Å². The molecular weight excluding hydrogens is 347 g/mol. The van der Waals surface area contributed by atoms with Crippen LogP contribution in [0.2, 0.25) is 0 Å². The van der Waals surface area contributed by atoms with E-state index >= 15 is 0 Å². The zero-order chi connectivity index (χ0) is 19.2. The Morgan fingerprint density at radius 1 is 1.37 bits per heavy atom. The largest absolute Gasteiger partial charge is 0.338 e. The molecule has 2 heterocycles. The molecule has 0 bridgehead atoms. The number of carbonyl (C=O) groups excluding carboxylic acids is 1. The first-order chi connectivity index (χ1) is 13.0. The fourth-order valence-electron chi connectivity index (χ4n) is 3.50. The first kappa shape index (κ1) is 19.3. The molecule has 0 radical (unpaired) electrons. The molecule has 0 spiro atoms. The van der Waals surface area contributed by atoms with E-state index in [1.807, 2.05) is 17.9 Å². The minimum absolute atomic E-state index is 0.268. The number of amides is 2. The quantitative estimate of drug-likeness (QED) is 0.722. The Kier molecular flexibility index (Phi) is 6.41. The van der Waals surface area contributed by atoms with Gasteiger partial charge in [0.15, 0.2) is 0 Å². The van der Waals surface area contributed by atoms with Crippen molar-refractivity contribution in [2.45, 2.75) is 25.9 Å². The van der Waals surface area contributed by atoms with E-state index in [4.69, 9.17) is 5.73 Å². The van der Waals surface area contributed by atoms with Gasteiger partial charge in [-0.05, 0) is 49.6 Å². The number of urea groups is 1. The highest BCUT2D eigenvalue weighted by Crippen LogP contribution is 2.19. The van der Waals surface area contributed by atoms with Gasteiger partial charge in [0.1, 0.15) is 5.82 Å². The van der Waals surface area contributed by atoms with Gasteiger partial charge in [-0.25, -0.2) is 9.18 Å². The Bertz CT molecular complexity index is 760. The maximum Gasteiger partial charge on any atom is 0.319 e. The van der Waals surface area contributed by atoms with Gasteiger partial charge in [-0.3, -0.25) is 9.58 Å². The summed E-state index contributed by atoms with van der Waals surface area (Å²) in [6, 6.07) is 5.46. The van der Waals surface area contributed by atoms with Crippen LogP contribution in [-0.4, -0.2) is 40.3 Å². The smallest absolute Gasteiger partial charge is 0.319 e. The maximum atomic E-state index is 12.9. The van der Waals surface area contributed by atoms with E-state index in [0.717, 1.165) is 43.7 Å². The van der Waals surface area contributed by atoms with Crippen molar-refractivity contribution in [3.05, 3.63) is 47.5 Å². The third kappa shape index (κ3) is 5.27. The molecule has 7 nitrogen and oxygen atoms in total. The van der Waals surface area contributed by atoms with Crippen molar-refractivity contribution >= 4 is 11.7 Å². The minimum Gasteiger partial charge on any atom is -0.338 e. The number of nitrogens with zero attached hydrogens (tertiary/aromatic N) is 3. The van der Waals surface area contributed by atoms with Crippen LogP contribution in [0.3, 0.4) is 0 Å². The summed E-state index contributed by atoms with van der Waals surface area (Å²) in [6.45, 7) is 3.88. The third-order valence-electron chi connectivity index (χ3n) is 5.00. The van der Waals surface area contributed by atoms with Crippen LogP contribution in [0.1, 0.15) is 24.1 Å². The fraction of sp³-hybridized carbons (Fsp3) is 0.474. The number of rotatable bonds is 6. The van der Waals surface area contributed by atoms with Crippen LogP contribution in [0.4, 0.5) is 14.9 Å². The van der Waals surface area contributed by atoms with Gasteiger partial charge in [0.05, 0.1) is 11.9 Å². The first-order valence-electron chi connectivity index (χ1n) is 9.27. The maximum absolute atomic E-state index is 12.9. The summed E-state index contributed by atoms with van der Waals surface area (Å²) in [6.07, 6.45) is 4.02. The summed E-state index contributed by atoms with van der Waals surface area (Å²) < 4.78 is 14.8. The standard InChI is InChI=1S/C19H27FN6O/c1-25-18(15(9-21)11-23-25)13-26-8-2-3-14(12-26)10-22-19(27)24-17-6-4-16(20)5-7-17/h4-7,11,14H,2-3,8-10,12-13,21H2,1H3,(H2,22,24,27). The number of likely N-dealkylation sites (tertiary alicyclic amines) is 1. The van der Waals surface area contributed by atoms with Gasteiger partial charge in [-0.2, -0.15) is 5.10 Å². The molecule has 8 heteroatoms. The number of hydrogen-bond acceptors (Lipinski definition) is 4. The SMILES string of the molecule is Cn1ncc(CN)c1CN1CCCC(CNC(=O)Nc2ccc(F)cc2)C1. The monoisotopic (exact) mass is 374 g/mol. The lowest BCUT2D eigenvalue weighted by Gasteiger charge is -2.33. The molecule has 1 aliphatic heterocycles. The molecule has 146 valence electrons. The number of aromatic nitrogens is 2. The molecule has 3 rings (SSSR count). The van der Waals surface area contributed by atoms with E-state index in [9.17, 15) is 9.18 Å². The van der Waals surface area contributed by atoms with Crippen LogP contribution in [0, 0.1) is 11.7 Å². The average molecular weight is 374 g/mol. The summed E-state index contributed by atoms with van der Waals surface area (Å²) >= 11 is 0. The van der Waals surface area contributed by atoms with E-state index in [-0.39, 0.29) is 11.8 Å². The summed E-state index contributed by atoms with van der Waals surface area (Å²) in [5, 5.41) is 9.94. The predicted molar refractivity (Wildman–Crippen MR) is 103 cm³/mol. The number of halogens is 1. The minimum atomic E-state index is -0.325. The van der Waals surface area contributed by atoms with Gasteiger partial charge in [0.2, 0.25) is 0 Å². The van der Waals surface area contributed by atoms with Gasteiger partial charge in [-0.1, -0.05) is 0 Å². The Hall–Kier alpha value is -2.45. The van der Waals surface area contributed by atoms with Crippen molar-refractivity contribution in [2.75, 3.05) is 25.0 Å². The summed E-state index contributed by atoms with van der Waals surface area (Å²) in [5.74, 6) is 0.0711. The molecule has 1 saturated heterocycles.